The summed E-state index contributed by atoms with van der Waals surface area (Å²) >= 11 is 0. The van der Waals surface area contributed by atoms with Gasteiger partial charge in [-0.05, 0) is 48.4 Å². The van der Waals surface area contributed by atoms with Crippen LogP contribution in [0.15, 0.2) is 42.5 Å². The number of phenols is 1. The Morgan fingerprint density at radius 1 is 1.12 bits per heavy atom. The highest BCUT2D eigenvalue weighted by Gasteiger charge is 2.21. The number of rotatable bonds is 7. The normalized spacial score (nSPS) is 11.3. The molecule has 6 nitrogen and oxygen atoms in total. The van der Waals surface area contributed by atoms with E-state index in [0.29, 0.717) is 18.6 Å². The Morgan fingerprint density at radius 3 is 2.38 bits per heavy atom. The smallest absolute Gasteiger partial charge is 0.333 e. The summed E-state index contributed by atoms with van der Waals surface area (Å²) in [5.41, 5.74) is 1.58. The van der Waals surface area contributed by atoms with Crippen LogP contribution in [-0.4, -0.2) is 33.4 Å². The predicted molar refractivity (Wildman–Crippen MR) is 89.8 cm³/mol. The molecule has 0 aliphatic heterocycles. The highest BCUT2D eigenvalue weighted by Crippen LogP contribution is 2.35. The van der Waals surface area contributed by atoms with E-state index in [0.717, 1.165) is 11.3 Å². The number of carbonyl (C=O) groups is 1. The number of ketones is 1. The summed E-state index contributed by atoms with van der Waals surface area (Å²) in [4.78, 5) is 29.7. The van der Waals surface area contributed by atoms with Gasteiger partial charge in [0.05, 0.1) is 6.61 Å². The fourth-order valence-corrected chi connectivity index (χ4v) is 2.83. The molecule has 0 heterocycles. The van der Waals surface area contributed by atoms with Gasteiger partial charge in [0.1, 0.15) is 17.7 Å². The number of hydrogen-bond acceptors (Lipinski definition) is 4. The van der Waals surface area contributed by atoms with Crippen molar-refractivity contribution in [3.05, 3.63) is 59.2 Å². The molecule has 0 aliphatic rings. The number of ether oxygens (including phenoxy) is 1. The molecule has 2 aromatic carbocycles. The third-order valence-corrected chi connectivity index (χ3v) is 4.08. The summed E-state index contributed by atoms with van der Waals surface area (Å²) in [6.45, 7) is 2.47. The van der Waals surface area contributed by atoms with E-state index in [1.807, 2.05) is 31.2 Å². The molecule has 0 unspecified atom stereocenters. The molecule has 0 fully saturated rings. The minimum absolute atomic E-state index is 0.0246. The maximum absolute atomic E-state index is 11.9. The van der Waals surface area contributed by atoms with Crippen LogP contribution in [0.3, 0.4) is 0 Å². The molecular formula is C17H19O6P. The van der Waals surface area contributed by atoms with Crippen LogP contribution in [0.5, 0.6) is 11.5 Å². The zero-order valence-electron chi connectivity index (χ0n) is 13.2. The average Bonchev–Trinajstić information content (AvgIpc) is 2.50. The maximum Gasteiger partial charge on any atom is 0.333 e. The van der Waals surface area contributed by atoms with Crippen LogP contribution in [0.4, 0.5) is 0 Å². The number of benzene rings is 2. The standard InChI is InChI=1S/C17H19O6P/c1-2-23-15-6-3-12(4-7-15)9-14-10-13(5-8-16(14)18)17(19)11-24(20,21)22/h3-8,10,18H,2,9,11H2,1H3,(H2,20,21,22). The van der Waals surface area contributed by atoms with Gasteiger partial charge in [-0.1, -0.05) is 12.1 Å². The summed E-state index contributed by atoms with van der Waals surface area (Å²) in [5, 5.41) is 9.96. The van der Waals surface area contributed by atoms with Crippen molar-refractivity contribution in [1.29, 1.82) is 0 Å². The molecule has 0 radical (unpaired) electrons. The quantitative estimate of drug-likeness (QED) is 0.524. The second kappa shape index (κ2) is 7.62. The van der Waals surface area contributed by atoms with Gasteiger partial charge in [-0.15, -0.1) is 0 Å². The minimum Gasteiger partial charge on any atom is -0.508 e. The van der Waals surface area contributed by atoms with Crippen molar-refractivity contribution in [2.24, 2.45) is 0 Å². The van der Waals surface area contributed by atoms with Crippen molar-refractivity contribution in [1.82, 2.24) is 0 Å². The first-order valence-corrected chi connectivity index (χ1v) is 9.19. The van der Waals surface area contributed by atoms with Crippen LogP contribution >= 0.6 is 7.60 Å². The lowest BCUT2D eigenvalue weighted by Crippen LogP contribution is -2.06. The first kappa shape index (κ1) is 18.2. The maximum atomic E-state index is 11.9. The zero-order chi connectivity index (χ0) is 17.7. The molecule has 2 rings (SSSR count). The van der Waals surface area contributed by atoms with Crippen LogP contribution in [0.25, 0.3) is 0 Å². The summed E-state index contributed by atoms with van der Waals surface area (Å²) in [6.07, 6.45) is -0.463. The van der Waals surface area contributed by atoms with Crippen LogP contribution in [0.2, 0.25) is 0 Å². The van der Waals surface area contributed by atoms with Crippen LogP contribution in [0, 0.1) is 0 Å². The Bertz CT molecular complexity index is 763. The monoisotopic (exact) mass is 350 g/mol. The number of phenolic OH excluding ortho intramolecular Hbond substituents is 1. The van der Waals surface area contributed by atoms with Crippen molar-refractivity contribution in [2.75, 3.05) is 12.8 Å². The van der Waals surface area contributed by atoms with Crippen molar-refractivity contribution in [3.63, 3.8) is 0 Å². The van der Waals surface area contributed by atoms with Gasteiger partial charge in [-0.2, -0.15) is 0 Å². The largest absolute Gasteiger partial charge is 0.508 e. The van der Waals surface area contributed by atoms with Gasteiger partial charge in [-0.3, -0.25) is 9.36 Å². The van der Waals surface area contributed by atoms with E-state index < -0.39 is 19.5 Å². The fraction of sp³-hybridized carbons (Fsp3) is 0.235. The minimum atomic E-state index is -4.42. The van der Waals surface area contributed by atoms with Crippen molar-refractivity contribution in [2.45, 2.75) is 13.3 Å². The number of hydrogen-bond donors (Lipinski definition) is 3. The topological polar surface area (TPSA) is 104 Å². The number of carbonyl (C=O) groups excluding carboxylic acids is 1. The highest BCUT2D eigenvalue weighted by atomic mass is 31.2. The molecule has 0 amide bonds. The number of Topliss-reactive ketones (excluding diaryl/α,β-unsaturated/α-hetero) is 1. The number of aromatic hydroxyl groups is 1. The Morgan fingerprint density at radius 2 is 1.79 bits per heavy atom. The van der Waals surface area contributed by atoms with Crippen molar-refractivity contribution < 1.29 is 29.0 Å². The van der Waals surface area contributed by atoms with E-state index in [4.69, 9.17) is 14.5 Å². The zero-order valence-corrected chi connectivity index (χ0v) is 14.1. The van der Waals surface area contributed by atoms with Crippen LogP contribution in [0.1, 0.15) is 28.4 Å². The summed E-state index contributed by atoms with van der Waals surface area (Å²) in [6, 6.07) is 11.5. The van der Waals surface area contributed by atoms with Crippen molar-refractivity contribution in [3.8, 4) is 11.5 Å². The van der Waals surface area contributed by atoms with Gasteiger partial charge in [0.25, 0.3) is 0 Å². The molecule has 0 aromatic heterocycles. The highest BCUT2D eigenvalue weighted by molar-refractivity contribution is 7.52. The van der Waals surface area contributed by atoms with E-state index in [-0.39, 0.29) is 11.3 Å². The van der Waals surface area contributed by atoms with E-state index in [9.17, 15) is 14.5 Å². The predicted octanol–water partition coefficient (Wildman–Crippen LogP) is 2.74. The summed E-state index contributed by atoms with van der Waals surface area (Å²) in [5.74, 6) is 0.115. The van der Waals surface area contributed by atoms with E-state index >= 15 is 0 Å². The van der Waals surface area contributed by atoms with Gasteiger partial charge in [0, 0.05) is 12.0 Å². The average molecular weight is 350 g/mol. The van der Waals surface area contributed by atoms with E-state index in [1.54, 1.807) is 0 Å². The molecule has 0 saturated carbocycles. The molecule has 0 atom stereocenters. The molecule has 0 bridgehead atoms. The Kier molecular flexibility index (Phi) is 5.78. The molecule has 7 heteroatoms. The van der Waals surface area contributed by atoms with Gasteiger partial charge in [0.2, 0.25) is 0 Å². The van der Waals surface area contributed by atoms with E-state index in [2.05, 4.69) is 0 Å². The fourth-order valence-electron chi connectivity index (χ4n) is 2.27. The third kappa shape index (κ3) is 5.20. The van der Waals surface area contributed by atoms with Gasteiger partial charge in [-0.25, -0.2) is 0 Å². The molecule has 2 aromatic rings. The molecule has 24 heavy (non-hydrogen) atoms. The molecular weight excluding hydrogens is 331 g/mol. The molecule has 0 spiro atoms. The lowest BCUT2D eigenvalue weighted by Gasteiger charge is -2.09. The molecule has 3 N–H and O–H groups in total. The Balaban J connectivity index is 2.19. The molecule has 0 saturated heterocycles. The molecule has 0 aliphatic carbocycles. The van der Waals surface area contributed by atoms with Gasteiger partial charge >= 0.3 is 7.60 Å². The summed E-state index contributed by atoms with van der Waals surface area (Å²) in [7, 11) is -4.42. The summed E-state index contributed by atoms with van der Waals surface area (Å²) < 4.78 is 16.3. The Labute approximate surface area is 139 Å². The lowest BCUT2D eigenvalue weighted by atomic mass is 10.0. The van der Waals surface area contributed by atoms with Gasteiger partial charge < -0.3 is 19.6 Å². The lowest BCUT2D eigenvalue weighted by molar-refractivity contribution is 0.101. The van der Waals surface area contributed by atoms with Crippen LogP contribution in [-0.2, 0) is 11.0 Å². The van der Waals surface area contributed by atoms with Gasteiger partial charge in [0.15, 0.2) is 5.78 Å². The second-order valence-electron chi connectivity index (χ2n) is 5.34. The Hall–Kier alpha value is -2.14. The second-order valence-corrected chi connectivity index (χ2v) is 6.99. The first-order valence-electron chi connectivity index (χ1n) is 7.40. The van der Waals surface area contributed by atoms with Crippen molar-refractivity contribution >= 4 is 13.4 Å². The molecule has 128 valence electrons. The first-order chi connectivity index (χ1) is 11.3. The van der Waals surface area contributed by atoms with Crippen LogP contribution < -0.4 is 4.74 Å². The van der Waals surface area contributed by atoms with E-state index in [1.165, 1.54) is 18.2 Å². The third-order valence-electron chi connectivity index (χ3n) is 3.38. The SMILES string of the molecule is CCOc1ccc(Cc2cc(C(=O)CP(=O)(O)O)ccc2O)cc1.